The van der Waals surface area contributed by atoms with Gasteiger partial charge in [0.2, 0.25) is 0 Å². The average Bonchev–Trinajstić information content (AvgIpc) is 3.68. The second-order valence-electron chi connectivity index (χ2n) is 15.7. The van der Waals surface area contributed by atoms with Crippen LogP contribution in [0.1, 0.15) is 0 Å². The van der Waals surface area contributed by atoms with Crippen molar-refractivity contribution < 1.29 is 0 Å². The number of nitrogens with zero attached hydrogens (tertiary/aromatic N) is 3. The first-order chi connectivity index (χ1) is 30.3. The highest BCUT2D eigenvalue weighted by atomic mass is 15.2. The summed E-state index contributed by atoms with van der Waals surface area (Å²) >= 11 is 0. The Bertz CT molecular complexity index is 3480. The van der Waals surface area contributed by atoms with Gasteiger partial charge in [0.15, 0.2) is 0 Å². The van der Waals surface area contributed by atoms with Crippen LogP contribution < -0.4 is 9.80 Å². The second kappa shape index (κ2) is 14.3. The van der Waals surface area contributed by atoms with Crippen LogP contribution in [-0.4, -0.2) is 4.40 Å². The number of hydrogen-bond donors (Lipinski definition) is 0. The Morgan fingerprint density at radius 2 is 0.705 bits per heavy atom. The quantitative estimate of drug-likeness (QED) is 0.112. The molecule has 0 aliphatic carbocycles. The largest absolute Gasteiger partial charge is 0.310 e. The maximum atomic E-state index is 2.56. The summed E-state index contributed by atoms with van der Waals surface area (Å²) in [7, 11) is 0. The summed E-state index contributed by atoms with van der Waals surface area (Å²) in [5, 5.41) is 7.37. The molecule has 10 aromatic carbocycles. The van der Waals surface area contributed by atoms with Crippen LogP contribution in [0.4, 0.5) is 34.1 Å². The fourth-order valence-corrected chi connectivity index (χ4v) is 9.59. The van der Waals surface area contributed by atoms with Gasteiger partial charge in [-0.25, -0.2) is 0 Å². The SMILES string of the molecule is c1ccc(-c2ccc(N(c3ccccc3)c3ccc4c5cccc(N(c6ccccc6)c6ccc(-c7ccccc7)cc6)c5n5c6cccc7cccc(c3c45)c76)cc2)cc1. The van der Waals surface area contributed by atoms with Gasteiger partial charge in [-0.15, -0.1) is 0 Å². The molecular weight excluding hydrogens is 739 g/mol. The average molecular weight is 778 g/mol. The molecule has 2 aromatic heterocycles. The molecule has 3 nitrogen and oxygen atoms in total. The zero-order valence-electron chi connectivity index (χ0n) is 33.4. The van der Waals surface area contributed by atoms with E-state index >= 15 is 0 Å². The summed E-state index contributed by atoms with van der Waals surface area (Å²) in [5.74, 6) is 0. The summed E-state index contributed by atoms with van der Waals surface area (Å²) in [6, 6.07) is 85.8. The van der Waals surface area contributed by atoms with Crippen LogP contribution in [-0.2, 0) is 0 Å². The van der Waals surface area contributed by atoms with Crippen LogP contribution >= 0.6 is 0 Å². The minimum atomic E-state index is 1.10. The molecule has 0 bridgehead atoms. The van der Waals surface area contributed by atoms with E-state index in [0.29, 0.717) is 0 Å². The zero-order chi connectivity index (χ0) is 40.3. The molecule has 2 heterocycles. The van der Waals surface area contributed by atoms with E-state index in [1.165, 1.54) is 71.1 Å². The van der Waals surface area contributed by atoms with Gasteiger partial charge in [-0.3, -0.25) is 0 Å². The van der Waals surface area contributed by atoms with Crippen molar-refractivity contribution >= 4 is 83.0 Å². The van der Waals surface area contributed by atoms with Crippen molar-refractivity contribution in [1.82, 2.24) is 4.40 Å². The first kappa shape index (κ1) is 34.9. The first-order valence-electron chi connectivity index (χ1n) is 20.9. The zero-order valence-corrected chi connectivity index (χ0v) is 33.4. The molecule has 0 aliphatic heterocycles. The highest BCUT2D eigenvalue weighted by Crippen LogP contribution is 2.50. The fraction of sp³-hybridized carbons (Fsp3) is 0. The molecule has 0 saturated carbocycles. The third kappa shape index (κ3) is 5.66. The van der Waals surface area contributed by atoms with Gasteiger partial charge in [-0.2, -0.15) is 0 Å². The Morgan fingerprint density at radius 1 is 0.262 bits per heavy atom. The molecule has 0 spiro atoms. The highest BCUT2D eigenvalue weighted by Gasteiger charge is 2.26. The highest BCUT2D eigenvalue weighted by molar-refractivity contribution is 6.31. The number of para-hydroxylation sites is 3. The molecule has 12 aromatic rings. The lowest BCUT2D eigenvalue weighted by atomic mass is 9.97. The molecule has 0 N–H and O–H groups in total. The van der Waals surface area contributed by atoms with Gasteiger partial charge in [0.1, 0.15) is 0 Å². The molecule has 61 heavy (non-hydrogen) atoms. The molecule has 0 amide bonds. The van der Waals surface area contributed by atoms with Crippen molar-refractivity contribution in [2.75, 3.05) is 9.80 Å². The Balaban J connectivity index is 1.16. The van der Waals surface area contributed by atoms with E-state index in [-0.39, 0.29) is 0 Å². The molecular formula is C58H39N3. The molecule has 0 radical (unpaired) electrons. The number of hydrogen-bond acceptors (Lipinski definition) is 2. The van der Waals surface area contributed by atoms with Crippen LogP contribution in [0.5, 0.6) is 0 Å². The predicted molar refractivity (Wildman–Crippen MR) is 259 cm³/mol. The number of anilines is 6. The molecule has 0 aliphatic rings. The topological polar surface area (TPSA) is 10.9 Å². The van der Waals surface area contributed by atoms with E-state index in [9.17, 15) is 0 Å². The smallest absolute Gasteiger partial charge is 0.0782 e. The monoisotopic (exact) mass is 777 g/mol. The van der Waals surface area contributed by atoms with Gasteiger partial charge in [-0.05, 0) is 99.8 Å². The third-order valence-corrected chi connectivity index (χ3v) is 12.3. The van der Waals surface area contributed by atoms with Crippen LogP contribution in [0.25, 0.3) is 71.1 Å². The van der Waals surface area contributed by atoms with Gasteiger partial charge in [0.25, 0.3) is 0 Å². The molecule has 3 heteroatoms. The fourth-order valence-electron chi connectivity index (χ4n) is 9.59. The first-order valence-corrected chi connectivity index (χ1v) is 20.9. The predicted octanol–water partition coefficient (Wildman–Crippen LogP) is 16.3. The molecule has 0 fully saturated rings. The summed E-state index contributed by atoms with van der Waals surface area (Å²) < 4.78 is 2.56. The Labute approximate surface area is 354 Å². The Kier molecular flexibility index (Phi) is 8.17. The van der Waals surface area contributed by atoms with Gasteiger partial charge in [0.05, 0.1) is 27.9 Å². The van der Waals surface area contributed by atoms with Crippen LogP contribution in [0.15, 0.2) is 237 Å². The molecule has 286 valence electrons. The van der Waals surface area contributed by atoms with Crippen LogP contribution in [0.2, 0.25) is 0 Å². The molecule has 0 atom stereocenters. The van der Waals surface area contributed by atoms with Gasteiger partial charge >= 0.3 is 0 Å². The summed E-state index contributed by atoms with van der Waals surface area (Å²) in [6.07, 6.45) is 0. The van der Waals surface area contributed by atoms with Crippen molar-refractivity contribution in [3.05, 3.63) is 237 Å². The third-order valence-electron chi connectivity index (χ3n) is 12.3. The number of benzene rings is 10. The van der Waals surface area contributed by atoms with Crippen molar-refractivity contribution in [2.24, 2.45) is 0 Å². The maximum Gasteiger partial charge on any atom is 0.0782 e. The minimum absolute atomic E-state index is 1.10. The molecule has 0 unspecified atom stereocenters. The van der Waals surface area contributed by atoms with E-state index < -0.39 is 0 Å². The van der Waals surface area contributed by atoms with Gasteiger partial charge < -0.3 is 14.2 Å². The van der Waals surface area contributed by atoms with Crippen molar-refractivity contribution in [2.45, 2.75) is 0 Å². The lowest BCUT2D eigenvalue weighted by molar-refractivity contribution is 1.26. The number of fused-ring (bicyclic) bond motifs is 5. The van der Waals surface area contributed by atoms with Gasteiger partial charge in [0, 0.05) is 44.3 Å². The van der Waals surface area contributed by atoms with E-state index in [4.69, 9.17) is 0 Å². The molecule has 0 saturated heterocycles. The van der Waals surface area contributed by atoms with Crippen LogP contribution in [0.3, 0.4) is 0 Å². The second-order valence-corrected chi connectivity index (χ2v) is 15.7. The van der Waals surface area contributed by atoms with Crippen LogP contribution in [0, 0.1) is 0 Å². The van der Waals surface area contributed by atoms with Crippen molar-refractivity contribution in [1.29, 1.82) is 0 Å². The Hall–Kier alpha value is -8.14. The summed E-state index contributed by atoms with van der Waals surface area (Å²) in [6.45, 7) is 0. The summed E-state index contributed by atoms with van der Waals surface area (Å²) in [4.78, 5) is 4.86. The van der Waals surface area contributed by atoms with E-state index in [1.54, 1.807) is 0 Å². The number of aromatic nitrogens is 1. The lowest BCUT2D eigenvalue weighted by Crippen LogP contribution is -2.11. The number of pyridine rings is 1. The number of rotatable bonds is 8. The standard InChI is InChI=1S/C58H39N3/c1-5-16-40(17-6-1)42-30-34-47(35-31-42)59(45-22-9-3-10-23-45)53-39-38-50-49-26-15-29-54(57(49)61-52-28-14-21-44-20-13-27-51(55(44)52)56(53)58(50)61)60(46-24-11-4-12-25-46)48-36-32-43(33-37-48)41-18-7-2-8-19-41/h1-39H. The minimum Gasteiger partial charge on any atom is -0.310 e. The molecule has 12 rings (SSSR count). The van der Waals surface area contributed by atoms with E-state index in [0.717, 1.165) is 34.1 Å². The normalized spacial score (nSPS) is 11.6. The van der Waals surface area contributed by atoms with Crippen molar-refractivity contribution in [3.8, 4) is 22.3 Å². The van der Waals surface area contributed by atoms with E-state index in [2.05, 4.69) is 251 Å². The van der Waals surface area contributed by atoms with E-state index in [1.807, 2.05) is 0 Å². The Morgan fingerprint density at radius 3 is 1.28 bits per heavy atom. The lowest BCUT2D eigenvalue weighted by Gasteiger charge is -2.28. The van der Waals surface area contributed by atoms with Gasteiger partial charge in [-0.1, -0.05) is 170 Å². The summed E-state index contributed by atoms with van der Waals surface area (Å²) in [5.41, 5.74) is 15.0. The maximum absolute atomic E-state index is 2.56. The van der Waals surface area contributed by atoms with Crippen molar-refractivity contribution in [3.63, 3.8) is 0 Å².